The van der Waals surface area contributed by atoms with E-state index in [2.05, 4.69) is 30.4 Å². The van der Waals surface area contributed by atoms with Gasteiger partial charge in [-0.05, 0) is 111 Å². The Kier molecular flexibility index (Phi) is 22.9. The molecular formula is C76H70Cl2F12N12O10S2. The molecule has 6 aromatic heterocycles. The predicted molar refractivity (Wildman–Crippen MR) is 394 cm³/mol. The predicted octanol–water partition coefficient (Wildman–Crippen LogP) is 15.1. The average Bonchev–Trinajstić information content (AvgIpc) is 1.52. The molecule has 114 heavy (non-hydrogen) atoms. The third-order valence-corrected chi connectivity index (χ3v) is 22.3. The van der Waals surface area contributed by atoms with Crippen molar-refractivity contribution in [2.24, 2.45) is 25.9 Å². The van der Waals surface area contributed by atoms with Gasteiger partial charge in [-0.25, -0.2) is 52.0 Å². The number of hydrogen-bond donors (Lipinski definition) is 2. The van der Waals surface area contributed by atoms with Crippen LogP contribution in [-0.4, -0.2) is 108 Å². The first kappa shape index (κ1) is 83.4. The Labute approximate surface area is 652 Å². The van der Waals surface area contributed by atoms with Gasteiger partial charge in [0.1, 0.15) is 59.1 Å². The third kappa shape index (κ3) is 17.2. The number of sulfone groups is 2. The Balaban J connectivity index is 0.000000195. The van der Waals surface area contributed by atoms with Gasteiger partial charge in [-0.1, -0.05) is 35.3 Å². The minimum Gasteiger partial charge on any atom is -0.397 e. The maximum absolute atomic E-state index is 15.4. The number of fused-ring (bicyclic) bond motifs is 8. The van der Waals surface area contributed by atoms with Crippen molar-refractivity contribution in [3.8, 4) is 22.3 Å². The number of nitrogens with zero attached hydrogens (tertiary/aromatic N) is 10. The second kappa shape index (κ2) is 31.3. The van der Waals surface area contributed by atoms with Gasteiger partial charge in [0.05, 0.1) is 78.1 Å². The number of nitrogens with one attached hydrogen (secondary N) is 1. The van der Waals surface area contributed by atoms with E-state index in [9.17, 15) is 75.9 Å². The van der Waals surface area contributed by atoms with Gasteiger partial charge >= 0.3 is 11.9 Å². The zero-order chi connectivity index (χ0) is 83.3. The van der Waals surface area contributed by atoms with Crippen LogP contribution in [-0.2, 0) is 112 Å². The van der Waals surface area contributed by atoms with Crippen LogP contribution >= 0.6 is 23.2 Å². The molecule has 10 aromatic rings. The van der Waals surface area contributed by atoms with Crippen molar-refractivity contribution in [1.29, 1.82) is 0 Å². The standard InChI is InChI=1S/C37H33ClF6N6O4S.C35H31ClF6N6O3S.C4H6O3/c1-16-28(46-17(2)51)13-24(23-5-6-27(38)31-29(15-55(4,53)54)47-49(3)34(23)31)32(45-16)19(7-18-8-20(39)11-21(40)9-18)10-22(52)14-50-35-30(33(48-50)36(41)42)25-12-26(25)37(35,43)44;1-15-26(43)12-22(21-4-5-25(36)29-27(14-52(3,50)51)45-47(2)32(21)29)30(44-15)17(6-16-7-18(37)10-19(38)8-16)9-20(49)13-48-33-28(31(46-48)34(39)40)23-11-24(23)35(33,41)42;1-3(5)7-4(2)6/h5-6,8-9,11,13,19,25-26,36H,7,10,12,14-15H2,1-4H3,(H,46,51);4-5,7-8,10,12,17,23-24,34H,6,9,11,13-14,43H2,1-3H3;1-2H3/t19-,25+,26-;17-,23+,24-;/m11./s1. The Morgan fingerprint density at radius 2 is 0.939 bits per heavy atom. The molecule has 0 radical (unpaired) electrons. The van der Waals surface area contributed by atoms with E-state index in [1.165, 1.54) is 42.3 Å². The lowest BCUT2D eigenvalue weighted by atomic mass is 9.86. The molecule has 0 aliphatic heterocycles. The second-order valence-corrected chi connectivity index (χ2v) is 34.1. The first-order valence-corrected chi connectivity index (χ1v) is 39.9. The van der Waals surface area contributed by atoms with E-state index < -0.39 is 193 Å². The van der Waals surface area contributed by atoms with E-state index in [0.717, 1.165) is 36.8 Å². The van der Waals surface area contributed by atoms with Gasteiger partial charge in [-0.3, -0.25) is 52.7 Å². The van der Waals surface area contributed by atoms with Gasteiger partial charge in [0.25, 0.3) is 24.7 Å². The number of carbonyl (C=O) groups is 5. The molecule has 0 bridgehead atoms. The maximum Gasteiger partial charge on any atom is 0.310 e. The molecule has 4 aromatic carbocycles. The van der Waals surface area contributed by atoms with Crippen LogP contribution in [0.15, 0.2) is 72.8 Å². The highest BCUT2D eigenvalue weighted by Crippen LogP contribution is 2.69. The minimum absolute atomic E-state index is 0.0400. The van der Waals surface area contributed by atoms with Crippen molar-refractivity contribution in [2.45, 2.75) is 146 Å². The normalized spacial score (nSPS) is 17.3. The smallest absolute Gasteiger partial charge is 0.310 e. The van der Waals surface area contributed by atoms with E-state index in [1.807, 2.05) is 0 Å². The fourth-order valence-corrected chi connectivity index (χ4v) is 17.5. The molecule has 0 unspecified atom stereocenters. The third-order valence-electron chi connectivity index (χ3n) is 20.0. The first-order valence-electron chi connectivity index (χ1n) is 35.1. The van der Waals surface area contributed by atoms with Gasteiger partial charge in [-0.2, -0.15) is 38.0 Å². The number of nitrogens with two attached hydrogens (primary N) is 1. The molecule has 14 rings (SSSR count). The fourth-order valence-electron chi connectivity index (χ4n) is 15.6. The van der Waals surface area contributed by atoms with Crippen LogP contribution in [0.5, 0.6) is 0 Å². The average molecular weight is 1670 g/mol. The van der Waals surface area contributed by atoms with Gasteiger partial charge in [0.2, 0.25) is 5.91 Å². The van der Waals surface area contributed by atoms with Crippen LogP contribution < -0.4 is 11.1 Å². The highest BCUT2D eigenvalue weighted by Gasteiger charge is 2.68. The summed E-state index contributed by atoms with van der Waals surface area (Å²) in [4.78, 5) is 69.2. The summed E-state index contributed by atoms with van der Waals surface area (Å²) < 4.78 is 232. The largest absolute Gasteiger partial charge is 0.397 e. The molecule has 0 saturated heterocycles. The van der Waals surface area contributed by atoms with Crippen molar-refractivity contribution in [3.05, 3.63) is 185 Å². The number of amides is 1. The zero-order valence-electron chi connectivity index (χ0n) is 61.9. The number of esters is 2. The van der Waals surface area contributed by atoms with Crippen LogP contribution in [0.4, 0.5) is 64.1 Å². The van der Waals surface area contributed by atoms with E-state index in [4.69, 9.17) is 38.9 Å². The highest BCUT2D eigenvalue weighted by molar-refractivity contribution is 7.90. The van der Waals surface area contributed by atoms with E-state index in [0.29, 0.717) is 71.2 Å². The van der Waals surface area contributed by atoms with Gasteiger partial charge < -0.3 is 15.8 Å². The first-order chi connectivity index (χ1) is 53.2. The van der Waals surface area contributed by atoms with Gasteiger partial charge in [0.15, 0.2) is 31.2 Å². The van der Waals surface area contributed by atoms with Crippen molar-refractivity contribution in [1.82, 2.24) is 49.1 Å². The Hall–Kier alpha value is -10.1. The Morgan fingerprint density at radius 3 is 1.29 bits per heavy atom. The zero-order valence-corrected chi connectivity index (χ0v) is 65.0. The molecular weight excluding hydrogens is 1600 g/mol. The summed E-state index contributed by atoms with van der Waals surface area (Å²) in [6.45, 7) is 5.29. The van der Waals surface area contributed by atoms with E-state index in [1.54, 1.807) is 52.2 Å². The van der Waals surface area contributed by atoms with Gasteiger partial charge in [0, 0.05) is 140 Å². The van der Waals surface area contributed by atoms with Crippen LogP contribution in [0, 0.1) is 49.0 Å². The molecule has 604 valence electrons. The number of anilines is 2. The van der Waals surface area contributed by atoms with Gasteiger partial charge in [-0.15, -0.1) is 0 Å². The summed E-state index contributed by atoms with van der Waals surface area (Å²) in [5.41, 5.74) is 7.40. The SMILES string of the molecule is CC(=O)Nc1cc(-c2ccc(Cl)c3c(CS(C)(=O)=O)nn(C)c23)c([C@@H](CC(=O)Cn2nc(C(F)F)c3c2C(F)(F)[C@@H]2C[C@H]32)Cc2cc(F)cc(F)c2)nc1C.CC(=O)OC(C)=O.Cc1nc([C@@H](CC(=O)Cn2nc(C(F)F)c3c2C(F)(F)[C@@H]2C[C@H]32)Cc2cc(F)cc(F)c2)c(-c2ccc(Cl)c3c(CS(C)(=O)=O)nn(C)c23)cc1N. The van der Waals surface area contributed by atoms with Crippen LogP contribution in [0.1, 0.15) is 162 Å². The summed E-state index contributed by atoms with van der Waals surface area (Å²) in [7, 11) is -3.97. The maximum atomic E-state index is 15.4. The molecule has 38 heteroatoms. The lowest BCUT2D eigenvalue weighted by Crippen LogP contribution is -2.24. The molecule has 0 spiro atoms. The number of rotatable bonds is 23. The monoisotopic (exact) mass is 1670 g/mol. The summed E-state index contributed by atoms with van der Waals surface area (Å²) in [5, 5.41) is 20.2. The van der Waals surface area contributed by atoms with Crippen molar-refractivity contribution in [2.75, 3.05) is 23.6 Å². The van der Waals surface area contributed by atoms with E-state index >= 15 is 17.6 Å². The quantitative estimate of drug-likeness (QED) is 0.0341. The summed E-state index contributed by atoms with van der Waals surface area (Å²) in [6, 6.07) is 15.1. The number of nitrogen functional groups attached to an aromatic ring is 1. The summed E-state index contributed by atoms with van der Waals surface area (Å²) in [5.74, 6) is -20.1. The van der Waals surface area contributed by atoms with Crippen LogP contribution in [0.25, 0.3) is 44.1 Å². The molecule has 4 aliphatic carbocycles. The number of pyridine rings is 2. The number of alkyl halides is 8. The number of benzene rings is 4. The van der Waals surface area contributed by atoms with Crippen LogP contribution in [0.3, 0.4) is 0 Å². The number of ether oxygens (including phenoxy) is 1. The minimum atomic E-state index is -3.58. The number of aromatic nitrogens is 10. The summed E-state index contributed by atoms with van der Waals surface area (Å²) in [6.07, 6.45) is -5.35. The topological polar surface area (TPSA) is 298 Å². The number of halogens is 14. The van der Waals surface area contributed by atoms with Crippen LogP contribution in [0.2, 0.25) is 10.0 Å². The number of carbonyl (C=O) groups excluding carboxylic acids is 5. The van der Waals surface area contributed by atoms with Crippen molar-refractivity contribution in [3.63, 3.8) is 0 Å². The molecule has 3 N–H and O–H groups in total. The molecule has 22 nitrogen and oxygen atoms in total. The molecule has 2 saturated carbocycles. The highest BCUT2D eigenvalue weighted by atomic mass is 35.5. The molecule has 2 fully saturated rings. The number of Topliss-reactive ketones (excluding diaryl/α,β-unsaturated/α-hetero) is 2. The number of hydrogen-bond acceptors (Lipinski definition) is 17. The Morgan fingerprint density at radius 1 is 0.561 bits per heavy atom. The molecule has 1 amide bonds. The number of ketones is 2. The molecule has 6 heterocycles. The lowest BCUT2D eigenvalue weighted by molar-refractivity contribution is -0.156. The second-order valence-electron chi connectivity index (χ2n) is 29.0. The van der Waals surface area contributed by atoms with Crippen molar-refractivity contribution >= 4 is 105 Å². The molecule has 6 atom stereocenters. The van der Waals surface area contributed by atoms with Crippen molar-refractivity contribution < 1.29 is 98.2 Å². The lowest BCUT2D eigenvalue weighted by Gasteiger charge is -2.23. The summed E-state index contributed by atoms with van der Waals surface area (Å²) >= 11 is 13.2. The van der Waals surface area contributed by atoms with E-state index in [-0.39, 0.29) is 97.8 Å². The fraction of sp³-hybridized carbons (Fsp3) is 0.382. The Bertz CT molecular complexity index is 5840. The number of aryl methyl sites for hydroxylation is 4. The molecule has 4 aliphatic rings.